The lowest BCUT2D eigenvalue weighted by Gasteiger charge is -2.05. The predicted octanol–water partition coefficient (Wildman–Crippen LogP) is 1.95. The van der Waals surface area contributed by atoms with Gasteiger partial charge in [0.2, 0.25) is 0 Å². The summed E-state index contributed by atoms with van der Waals surface area (Å²) in [6, 6.07) is 7.29. The largest absolute Gasteiger partial charge is 0.477 e. The molecule has 0 atom stereocenters. The summed E-state index contributed by atoms with van der Waals surface area (Å²) in [5.41, 5.74) is -0.220. The summed E-state index contributed by atoms with van der Waals surface area (Å²) >= 11 is 1.13. The van der Waals surface area contributed by atoms with E-state index < -0.39 is 16.0 Å². The first-order valence-corrected chi connectivity index (χ1v) is 7.48. The lowest BCUT2D eigenvalue weighted by Crippen LogP contribution is -2.13. The lowest BCUT2D eigenvalue weighted by atomic mass is 10.3. The Kier molecular flexibility index (Phi) is 3.54. The zero-order chi connectivity index (χ0) is 14.0. The Morgan fingerprint density at radius 3 is 2.63 bits per heavy atom. The maximum Gasteiger partial charge on any atom is 0.354 e. The Morgan fingerprint density at radius 2 is 2.05 bits per heavy atom. The van der Waals surface area contributed by atoms with E-state index in [0.717, 1.165) is 16.2 Å². The van der Waals surface area contributed by atoms with Crippen molar-refractivity contribution in [3.05, 3.63) is 40.9 Å². The van der Waals surface area contributed by atoms with Crippen LogP contribution in [0.25, 0.3) is 0 Å². The third-order valence-electron chi connectivity index (χ3n) is 2.19. The van der Waals surface area contributed by atoms with Gasteiger partial charge >= 0.3 is 5.97 Å². The number of nitrogens with one attached hydrogen (secondary N) is 1. The van der Waals surface area contributed by atoms with Gasteiger partial charge in [-0.15, -0.1) is 11.3 Å². The van der Waals surface area contributed by atoms with E-state index >= 15 is 0 Å². The van der Waals surface area contributed by atoms with Crippen LogP contribution in [0.1, 0.15) is 15.4 Å². The number of hydrogen-bond acceptors (Lipinski definition) is 5. The molecule has 6 nitrogen and oxygen atoms in total. The average molecular weight is 298 g/mol. The number of rotatable bonds is 4. The van der Waals surface area contributed by atoms with Gasteiger partial charge in [0.15, 0.2) is 5.69 Å². The van der Waals surface area contributed by atoms with Gasteiger partial charge in [0, 0.05) is 4.88 Å². The number of hydrogen-bond donors (Lipinski definition) is 2. The molecule has 0 aromatic carbocycles. The second-order valence-corrected chi connectivity index (χ2v) is 6.88. The fourth-order valence-corrected chi connectivity index (χ4v) is 3.64. The highest BCUT2D eigenvalue weighted by molar-refractivity contribution is 7.94. The van der Waals surface area contributed by atoms with Crippen molar-refractivity contribution >= 4 is 33.1 Å². The molecule has 0 aliphatic rings. The standard InChI is InChI=1S/C11H10N2O4S2/c1-7-5-6-10(18-7)19(16,17)13-9-4-2-3-8(12-9)11(14)15/h2-6H,1H3,(H,12,13)(H,14,15). The van der Waals surface area contributed by atoms with E-state index in [1.165, 1.54) is 24.3 Å². The van der Waals surface area contributed by atoms with Crippen molar-refractivity contribution in [3.63, 3.8) is 0 Å². The number of pyridine rings is 1. The average Bonchev–Trinajstić information content (AvgIpc) is 2.76. The summed E-state index contributed by atoms with van der Waals surface area (Å²) in [7, 11) is -3.72. The fourth-order valence-electron chi connectivity index (χ4n) is 1.36. The Morgan fingerprint density at radius 1 is 1.32 bits per heavy atom. The molecule has 2 heterocycles. The molecule has 0 radical (unpaired) electrons. The zero-order valence-electron chi connectivity index (χ0n) is 9.82. The third kappa shape index (κ3) is 3.09. The number of carboxylic acids is 1. The molecule has 0 unspecified atom stereocenters. The molecule has 0 saturated heterocycles. The van der Waals surface area contributed by atoms with Crippen molar-refractivity contribution in [2.45, 2.75) is 11.1 Å². The molecule has 0 spiro atoms. The van der Waals surface area contributed by atoms with Crippen LogP contribution in [0.2, 0.25) is 0 Å². The zero-order valence-corrected chi connectivity index (χ0v) is 11.5. The molecule has 2 aromatic rings. The minimum absolute atomic E-state index is 0.0223. The summed E-state index contributed by atoms with van der Waals surface area (Å²) < 4.78 is 26.4. The first-order chi connectivity index (χ1) is 8.88. The predicted molar refractivity (Wildman–Crippen MR) is 71.1 cm³/mol. The number of aromatic nitrogens is 1. The van der Waals surface area contributed by atoms with Gasteiger partial charge in [-0.05, 0) is 31.2 Å². The molecule has 0 fully saturated rings. The fraction of sp³-hybridized carbons (Fsp3) is 0.0909. The minimum atomic E-state index is -3.72. The SMILES string of the molecule is Cc1ccc(S(=O)(=O)Nc2cccc(C(=O)O)n2)s1. The summed E-state index contributed by atoms with van der Waals surface area (Å²) in [4.78, 5) is 15.3. The van der Waals surface area contributed by atoms with Gasteiger partial charge in [-0.25, -0.2) is 18.2 Å². The molecular weight excluding hydrogens is 288 g/mol. The highest BCUT2D eigenvalue weighted by Gasteiger charge is 2.17. The number of carboxylic acid groups (broad SMARTS) is 1. The van der Waals surface area contributed by atoms with E-state index in [-0.39, 0.29) is 15.7 Å². The van der Waals surface area contributed by atoms with Gasteiger partial charge < -0.3 is 5.11 Å². The molecule has 0 amide bonds. The molecule has 0 saturated carbocycles. The molecule has 0 aliphatic carbocycles. The Labute approximate surface area is 113 Å². The molecule has 2 N–H and O–H groups in total. The van der Waals surface area contributed by atoms with E-state index in [4.69, 9.17) is 5.11 Å². The van der Waals surface area contributed by atoms with Gasteiger partial charge in [-0.1, -0.05) is 6.07 Å². The quantitative estimate of drug-likeness (QED) is 0.899. The van der Waals surface area contributed by atoms with Crippen molar-refractivity contribution in [2.24, 2.45) is 0 Å². The van der Waals surface area contributed by atoms with Crippen LogP contribution >= 0.6 is 11.3 Å². The molecule has 2 rings (SSSR count). The number of thiophene rings is 1. The van der Waals surface area contributed by atoms with Crippen LogP contribution < -0.4 is 4.72 Å². The summed E-state index contributed by atoms with van der Waals surface area (Å²) in [5, 5.41) is 8.79. The first kappa shape index (κ1) is 13.5. The topological polar surface area (TPSA) is 96.4 Å². The first-order valence-electron chi connectivity index (χ1n) is 5.18. The van der Waals surface area contributed by atoms with Gasteiger partial charge in [0.25, 0.3) is 10.0 Å². The normalized spacial score (nSPS) is 11.2. The number of anilines is 1. The van der Waals surface area contributed by atoms with Gasteiger partial charge in [0.05, 0.1) is 0 Å². The van der Waals surface area contributed by atoms with Crippen molar-refractivity contribution in [1.29, 1.82) is 0 Å². The molecule has 0 bridgehead atoms. The van der Waals surface area contributed by atoms with Crippen LogP contribution in [0.15, 0.2) is 34.5 Å². The van der Waals surface area contributed by atoms with E-state index in [0.29, 0.717) is 0 Å². The smallest absolute Gasteiger partial charge is 0.354 e. The van der Waals surface area contributed by atoms with Crippen LogP contribution in [0.5, 0.6) is 0 Å². The molecule has 100 valence electrons. The molecule has 2 aromatic heterocycles. The van der Waals surface area contributed by atoms with E-state index in [1.807, 2.05) is 0 Å². The highest BCUT2D eigenvalue weighted by atomic mass is 32.2. The van der Waals surface area contributed by atoms with Crippen LogP contribution in [0, 0.1) is 6.92 Å². The number of aryl methyl sites for hydroxylation is 1. The lowest BCUT2D eigenvalue weighted by molar-refractivity contribution is 0.0690. The van der Waals surface area contributed by atoms with E-state index in [9.17, 15) is 13.2 Å². The number of aromatic carboxylic acids is 1. The van der Waals surface area contributed by atoms with Crippen LogP contribution in [0.4, 0.5) is 5.82 Å². The minimum Gasteiger partial charge on any atom is -0.477 e. The molecular formula is C11H10N2O4S2. The third-order valence-corrected chi connectivity index (χ3v) is 5.03. The van der Waals surface area contributed by atoms with E-state index in [2.05, 4.69) is 9.71 Å². The molecule has 0 aliphatic heterocycles. The van der Waals surface area contributed by atoms with E-state index in [1.54, 1.807) is 13.0 Å². The van der Waals surface area contributed by atoms with Crippen molar-refractivity contribution in [1.82, 2.24) is 4.98 Å². The summed E-state index contributed by atoms with van der Waals surface area (Å²) in [5.74, 6) is -1.24. The second-order valence-electron chi connectivity index (χ2n) is 3.68. The van der Waals surface area contributed by atoms with Crippen LogP contribution in [-0.2, 0) is 10.0 Å². The maximum absolute atomic E-state index is 12.0. The highest BCUT2D eigenvalue weighted by Crippen LogP contribution is 2.22. The van der Waals surface area contributed by atoms with Crippen molar-refractivity contribution < 1.29 is 18.3 Å². The molecule has 8 heteroatoms. The van der Waals surface area contributed by atoms with Crippen LogP contribution in [-0.4, -0.2) is 24.5 Å². The Balaban J connectivity index is 2.30. The summed E-state index contributed by atoms with van der Waals surface area (Å²) in [6.45, 7) is 1.80. The summed E-state index contributed by atoms with van der Waals surface area (Å²) in [6.07, 6.45) is 0. The molecule has 19 heavy (non-hydrogen) atoms. The van der Waals surface area contributed by atoms with Gasteiger partial charge in [-0.2, -0.15) is 0 Å². The Bertz CT molecular complexity index is 722. The van der Waals surface area contributed by atoms with Crippen LogP contribution in [0.3, 0.4) is 0 Å². The number of sulfonamides is 1. The van der Waals surface area contributed by atoms with Crippen molar-refractivity contribution in [3.8, 4) is 0 Å². The maximum atomic E-state index is 12.0. The Hall–Kier alpha value is -1.93. The van der Waals surface area contributed by atoms with Gasteiger partial charge in [0.1, 0.15) is 10.0 Å². The number of nitrogens with zero attached hydrogens (tertiary/aromatic N) is 1. The monoisotopic (exact) mass is 298 g/mol. The van der Waals surface area contributed by atoms with Gasteiger partial charge in [-0.3, -0.25) is 4.72 Å². The number of carbonyl (C=O) groups is 1. The van der Waals surface area contributed by atoms with Crippen molar-refractivity contribution in [2.75, 3.05) is 4.72 Å². The second kappa shape index (κ2) is 4.98.